The molecule has 0 unspecified atom stereocenters. The third-order valence-electron chi connectivity index (χ3n) is 2.98. The molecule has 2 rings (SSSR count). The maximum Gasteiger partial charge on any atom is 0.181 e. The normalized spacial score (nSPS) is 10.8. The fourth-order valence-electron chi connectivity index (χ4n) is 1.92. The Balaban J connectivity index is 1.82. The molecule has 19 heavy (non-hydrogen) atoms. The maximum atomic E-state index is 5.46. The molecule has 1 N–H and O–H groups in total. The number of rotatable bonds is 8. The van der Waals surface area contributed by atoms with Crippen LogP contribution in [0.1, 0.15) is 17.0 Å². The molecule has 102 valence electrons. The number of hydrogen-bond donors (Lipinski definition) is 1. The van der Waals surface area contributed by atoms with Gasteiger partial charge in [0.15, 0.2) is 6.39 Å². The van der Waals surface area contributed by atoms with Gasteiger partial charge in [0.2, 0.25) is 0 Å². The standard InChI is InChI=1S/C15H20N2O2/c1-18-10-9-16-11-14-15(19-12-17-14)8-7-13-5-3-2-4-6-13/h2-6,12,16H,7-11H2,1H3. The molecule has 0 fully saturated rings. The van der Waals surface area contributed by atoms with Gasteiger partial charge in [-0.05, 0) is 12.0 Å². The summed E-state index contributed by atoms with van der Waals surface area (Å²) < 4.78 is 10.5. The average molecular weight is 260 g/mol. The Labute approximate surface area is 113 Å². The highest BCUT2D eigenvalue weighted by Crippen LogP contribution is 2.11. The summed E-state index contributed by atoms with van der Waals surface area (Å²) in [5.74, 6) is 0.966. The minimum Gasteiger partial charge on any atom is -0.448 e. The number of benzene rings is 1. The number of methoxy groups -OCH3 is 1. The van der Waals surface area contributed by atoms with Crippen molar-refractivity contribution in [3.8, 4) is 0 Å². The van der Waals surface area contributed by atoms with Crippen molar-refractivity contribution in [2.24, 2.45) is 0 Å². The van der Waals surface area contributed by atoms with E-state index in [1.54, 1.807) is 7.11 Å². The maximum absolute atomic E-state index is 5.46. The van der Waals surface area contributed by atoms with Crippen LogP contribution in [-0.4, -0.2) is 25.2 Å². The summed E-state index contributed by atoms with van der Waals surface area (Å²) in [4.78, 5) is 4.26. The van der Waals surface area contributed by atoms with E-state index in [4.69, 9.17) is 9.15 Å². The van der Waals surface area contributed by atoms with Crippen LogP contribution in [0.3, 0.4) is 0 Å². The van der Waals surface area contributed by atoms with Crippen molar-refractivity contribution in [1.29, 1.82) is 0 Å². The van der Waals surface area contributed by atoms with E-state index in [1.165, 1.54) is 12.0 Å². The van der Waals surface area contributed by atoms with Gasteiger partial charge in [-0.2, -0.15) is 0 Å². The van der Waals surface area contributed by atoms with Gasteiger partial charge in [0.1, 0.15) is 5.76 Å². The van der Waals surface area contributed by atoms with E-state index in [0.29, 0.717) is 6.61 Å². The van der Waals surface area contributed by atoms with Crippen molar-refractivity contribution in [2.45, 2.75) is 19.4 Å². The molecular formula is C15H20N2O2. The zero-order valence-corrected chi connectivity index (χ0v) is 11.3. The monoisotopic (exact) mass is 260 g/mol. The molecule has 1 heterocycles. The van der Waals surface area contributed by atoms with Crippen molar-refractivity contribution in [2.75, 3.05) is 20.3 Å². The predicted molar refractivity (Wildman–Crippen MR) is 73.9 cm³/mol. The molecule has 0 atom stereocenters. The number of ether oxygens (including phenoxy) is 1. The first-order valence-corrected chi connectivity index (χ1v) is 6.55. The van der Waals surface area contributed by atoms with Gasteiger partial charge < -0.3 is 14.5 Å². The van der Waals surface area contributed by atoms with Crippen molar-refractivity contribution in [3.63, 3.8) is 0 Å². The Kier molecular flexibility index (Phi) is 5.59. The largest absolute Gasteiger partial charge is 0.448 e. The Morgan fingerprint density at radius 3 is 2.84 bits per heavy atom. The molecule has 0 bridgehead atoms. The minimum absolute atomic E-state index is 0.706. The van der Waals surface area contributed by atoms with Crippen LogP contribution in [0.5, 0.6) is 0 Å². The first-order chi connectivity index (χ1) is 9.40. The van der Waals surface area contributed by atoms with Gasteiger partial charge in [-0.25, -0.2) is 4.98 Å². The lowest BCUT2D eigenvalue weighted by Gasteiger charge is -2.04. The SMILES string of the molecule is COCCNCc1ncoc1CCc1ccccc1. The van der Waals surface area contributed by atoms with Crippen LogP contribution in [0.15, 0.2) is 41.1 Å². The second kappa shape index (κ2) is 7.71. The number of nitrogens with zero attached hydrogens (tertiary/aromatic N) is 1. The minimum atomic E-state index is 0.706. The van der Waals surface area contributed by atoms with Gasteiger partial charge >= 0.3 is 0 Å². The summed E-state index contributed by atoms with van der Waals surface area (Å²) in [6.45, 7) is 2.25. The van der Waals surface area contributed by atoms with E-state index in [-0.39, 0.29) is 0 Å². The van der Waals surface area contributed by atoms with E-state index in [2.05, 4.69) is 34.6 Å². The topological polar surface area (TPSA) is 47.3 Å². The van der Waals surface area contributed by atoms with E-state index in [1.807, 2.05) is 6.07 Å². The fraction of sp³-hybridized carbons (Fsp3) is 0.400. The molecule has 0 saturated heterocycles. The molecule has 2 aromatic rings. The average Bonchev–Trinajstić information content (AvgIpc) is 2.90. The van der Waals surface area contributed by atoms with Crippen molar-refractivity contribution >= 4 is 0 Å². The fourth-order valence-corrected chi connectivity index (χ4v) is 1.92. The smallest absolute Gasteiger partial charge is 0.181 e. The van der Waals surface area contributed by atoms with Crippen molar-refractivity contribution < 1.29 is 9.15 Å². The summed E-state index contributed by atoms with van der Waals surface area (Å²) in [5, 5.41) is 3.28. The van der Waals surface area contributed by atoms with Gasteiger partial charge in [-0.3, -0.25) is 0 Å². The lowest BCUT2D eigenvalue weighted by molar-refractivity contribution is 0.199. The Morgan fingerprint density at radius 1 is 1.21 bits per heavy atom. The number of oxazole rings is 1. The second-order valence-electron chi connectivity index (χ2n) is 4.38. The Hall–Kier alpha value is -1.65. The molecule has 1 aromatic heterocycles. The predicted octanol–water partition coefficient (Wildman–Crippen LogP) is 2.20. The van der Waals surface area contributed by atoms with Crippen LogP contribution in [0, 0.1) is 0 Å². The molecular weight excluding hydrogens is 240 g/mol. The molecule has 0 aliphatic carbocycles. The van der Waals surface area contributed by atoms with Crippen LogP contribution in [0.2, 0.25) is 0 Å². The third kappa shape index (κ3) is 4.50. The van der Waals surface area contributed by atoms with Gasteiger partial charge in [0.05, 0.1) is 12.3 Å². The number of hydrogen-bond acceptors (Lipinski definition) is 4. The van der Waals surface area contributed by atoms with E-state index in [9.17, 15) is 0 Å². The van der Waals surface area contributed by atoms with Crippen LogP contribution >= 0.6 is 0 Å². The molecule has 0 saturated carbocycles. The molecule has 4 heteroatoms. The van der Waals surface area contributed by atoms with Crippen molar-refractivity contribution in [1.82, 2.24) is 10.3 Å². The molecule has 1 aromatic carbocycles. The van der Waals surface area contributed by atoms with Crippen LogP contribution in [-0.2, 0) is 24.1 Å². The molecule has 4 nitrogen and oxygen atoms in total. The quantitative estimate of drug-likeness (QED) is 0.739. The second-order valence-corrected chi connectivity index (χ2v) is 4.38. The number of aromatic nitrogens is 1. The van der Waals surface area contributed by atoms with Crippen LogP contribution < -0.4 is 5.32 Å². The highest BCUT2D eigenvalue weighted by molar-refractivity contribution is 5.17. The molecule has 0 spiro atoms. The summed E-state index contributed by atoms with van der Waals surface area (Å²) in [6.07, 6.45) is 3.38. The number of aryl methyl sites for hydroxylation is 2. The van der Waals surface area contributed by atoms with E-state index in [0.717, 1.165) is 37.4 Å². The molecule has 0 aliphatic heterocycles. The van der Waals surface area contributed by atoms with Crippen molar-refractivity contribution in [3.05, 3.63) is 53.7 Å². The van der Waals surface area contributed by atoms with E-state index >= 15 is 0 Å². The summed E-state index contributed by atoms with van der Waals surface area (Å²) in [6, 6.07) is 10.4. The van der Waals surface area contributed by atoms with E-state index < -0.39 is 0 Å². The highest BCUT2D eigenvalue weighted by Gasteiger charge is 2.07. The third-order valence-corrected chi connectivity index (χ3v) is 2.98. The molecule has 0 aliphatic rings. The van der Waals surface area contributed by atoms with Crippen LogP contribution in [0.4, 0.5) is 0 Å². The zero-order chi connectivity index (χ0) is 13.3. The Bertz CT molecular complexity index is 468. The molecule has 0 radical (unpaired) electrons. The van der Waals surface area contributed by atoms with Gasteiger partial charge in [-0.1, -0.05) is 30.3 Å². The van der Waals surface area contributed by atoms with Gasteiger partial charge in [0, 0.05) is 26.6 Å². The van der Waals surface area contributed by atoms with Gasteiger partial charge in [-0.15, -0.1) is 0 Å². The molecule has 0 amide bonds. The highest BCUT2D eigenvalue weighted by atomic mass is 16.5. The van der Waals surface area contributed by atoms with Crippen LogP contribution in [0.25, 0.3) is 0 Å². The first-order valence-electron chi connectivity index (χ1n) is 6.55. The van der Waals surface area contributed by atoms with Gasteiger partial charge in [0.25, 0.3) is 0 Å². The summed E-state index contributed by atoms with van der Waals surface area (Å²) in [5.41, 5.74) is 2.31. The zero-order valence-electron chi connectivity index (χ0n) is 11.3. The first kappa shape index (κ1) is 13.8. The number of nitrogens with one attached hydrogen (secondary N) is 1. The summed E-state index contributed by atoms with van der Waals surface area (Å²) in [7, 11) is 1.70. The lowest BCUT2D eigenvalue weighted by atomic mass is 10.1. The lowest BCUT2D eigenvalue weighted by Crippen LogP contribution is -2.19. The Morgan fingerprint density at radius 2 is 2.05 bits per heavy atom. The summed E-state index contributed by atoms with van der Waals surface area (Å²) >= 11 is 0.